The normalized spacial score (nSPS) is 12.5. The Kier molecular flexibility index (Phi) is 11.9. The molecule has 2 aliphatic rings. The summed E-state index contributed by atoms with van der Waals surface area (Å²) >= 11 is 1.93. The van der Waals surface area contributed by atoms with Crippen molar-refractivity contribution in [2.45, 2.75) is 36.0 Å². The minimum Gasteiger partial charge on any atom is -0.310 e. The van der Waals surface area contributed by atoms with E-state index < -0.39 is 0 Å². The molecule has 0 atom stereocenters. The van der Waals surface area contributed by atoms with Gasteiger partial charge >= 0.3 is 0 Å². The summed E-state index contributed by atoms with van der Waals surface area (Å²) in [5.41, 5.74) is 25.6. The van der Waals surface area contributed by atoms with Crippen LogP contribution < -0.4 is 21.3 Å². The van der Waals surface area contributed by atoms with Gasteiger partial charge in [0.15, 0.2) is 0 Å². The molecule has 81 heavy (non-hydrogen) atoms. The van der Waals surface area contributed by atoms with Gasteiger partial charge in [-0.15, -0.1) is 0 Å². The summed E-state index contributed by atoms with van der Waals surface area (Å²) in [6, 6.07) is 107. The number of hydrogen-bond acceptors (Lipinski definition) is 2. The highest BCUT2D eigenvalue weighted by atomic mass is 32.2. The predicted octanol–water partition coefficient (Wildman–Crippen LogP) is 19.7. The van der Waals surface area contributed by atoms with Crippen molar-refractivity contribution in [3.05, 3.63) is 291 Å². The van der Waals surface area contributed by atoms with E-state index in [0.29, 0.717) is 0 Å². The Hall–Kier alpha value is -9.41. The number of rotatable bonds is 8. The first kappa shape index (κ1) is 48.7. The van der Waals surface area contributed by atoms with Crippen molar-refractivity contribution in [1.82, 2.24) is 0 Å². The Labute approximate surface area is 480 Å². The maximum absolute atomic E-state index is 2.68. The quantitative estimate of drug-likeness (QED) is 0.110. The maximum atomic E-state index is 2.68. The van der Waals surface area contributed by atoms with E-state index in [4.69, 9.17) is 0 Å². The SMILES string of the molecule is CC(C)(C)c1cc2c3c(c1)N(c1c(-c4ccccc4)cccc1-c1ccccc1)c1cc(-c4c5ccccc5c(-c5cc(-c6ccccc6)ccc5-c5ccccc5)c5ccccc45)ccc1B3c1cc(-c3ccccc3)ccc1S2. The number of fused-ring (bicyclic) bond motifs is 6. The topological polar surface area (TPSA) is 3.24 Å². The minimum absolute atomic E-state index is 0.0301. The highest BCUT2D eigenvalue weighted by Gasteiger charge is 2.43. The number of anilines is 3. The number of hydrogen-bond donors (Lipinski definition) is 0. The van der Waals surface area contributed by atoms with E-state index in [1.807, 2.05) is 11.8 Å². The van der Waals surface area contributed by atoms with Gasteiger partial charge in [-0.1, -0.05) is 293 Å². The lowest BCUT2D eigenvalue weighted by molar-refractivity contribution is 0.589. The molecule has 13 aromatic carbocycles. The zero-order valence-electron chi connectivity index (χ0n) is 45.6. The van der Waals surface area contributed by atoms with Gasteiger partial charge in [0.05, 0.1) is 5.69 Å². The number of benzene rings is 13. The zero-order chi connectivity index (χ0) is 54.2. The average molecular weight is 1050 g/mol. The molecule has 382 valence electrons. The van der Waals surface area contributed by atoms with Gasteiger partial charge in [0.25, 0.3) is 0 Å². The molecule has 0 aromatic heterocycles. The van der Waals surface area contributed by atoms with E-state index in [0.717, 1.165) is 0 Å². The molecule has 0 unspecified atom stereocenters. The third-order valence-electron chi connectivity index (χ3n) is 16.9. The Morgan fingerprint density at radius 2 is 0.778 bits per heavy atom. The Morgan fingerprint density at radius 1 is 0.309 bits per heavy atom. The van der Waals surface area contributed by atoms with Crippen molar-refractivity contribution >= 4 is 73.5 Å². The lowest BCUT2D eigenvalue weighted by Gasteiger charge is -2.43. The molecule has 0 N–H and O–H groups in total. The molecule has 15 rings (SSSR count). The van der Waals surface area contributed by atoms with Crippen LogP contribution in [0.5, 0.6) is 0 Å². The van der Waals surface area contributed by atoms with Gasteiger partial charge in [0.1, 0.15) is 0 Å². The Morgan fingerprint density at radius 3 is 1.32 bits per heavy atom. The minimum atomic E-state index is -0.130. The van der Waals surface area contributed by atoms with E-state index in [2.05, 4.69) is 311 Å². The van der Waals surface area contributed by atoms with Gasteiger partial charge in [-0.05, 0) is 141 Å². The summed E-state index contributed by atoms with van der Waals surface area (Å²) in [6.45, 7) is 7.05. The molecule has 2 aliphatic heterocycles. The molecule has 13 aromatic rings. The number of para-hydroxylation sites is 1. The van der Waals surface area contributed by atoms with Crippen LogP contribution in [-0.2, 0) is 5.41 Å². The van der Waals surface area contributed by atoms with Crippen molar-refractivity contribution in [2.75, 3.05) is 4.90 Å². The summed E-state index contributed by atoms with van der Waals surface area (Å²) < 4.78 is 0. The van der Waals surface area contributed by atoms with Gasteiger partial charge in [0, 0.05) is 32.3 Å². The molecule has 0 fully saturated rings. The largest absolute Gasteiger partial charge is 0.310 e. The van der Waals surface area contributed by atoms with Crippen molar-refractivity contribution in [1.29, 1.82) is 0 Å². The zero-order valence-corrected chi connectivity index (χ0v) is 46.4. The summed E-state index contributed by atoms with van der Waals surface area (Å²) in [5, 5.41) is 4.88. The number of nitrogens with zero attached hydrogens (tertiary/aromatic N) is 1. The summed E-state index contributed by atoms with van der Waals surface area (Å²) in [6.07, 6.45) is 0. The van der Waals surface area contributed by atoms with E-state index in [9.17, 15) is 0 Å². The molecule has 0 amide bonds. The second-order valence-electron chi connectivity index (χ2n) is 22.7. The van der Waals surface area contributed by atoms with E-state index in [1.165, 1.54) is 148 Å². The molecule has 3 heteroatoms. The standard InChI is InChI=1S/C78H56BNS/c1-78(2,3)59-49-71-76-73(50-59)81-72-45-42-57(52-26-11-5-12-27-52)47-69(72)79(76)68-44-41-58(48-70(68)80(71)77-61(54-30-15-7-16-31-54)38-23-39-62(77)55-32-17-8-18-33-55)74-63-34-19-21-36-65(63)75(66-37-22-20-35-64(66)74)67-46-56(51-24-9-4-10-25-51)40-43-60(67)53-28-13-6-14-29-53/h4-50H,1-3H3. The van der Waals surface area contributed by atoms with Gasteiger partial charge in [0.2, 0.25) is 6.71 Å². The summed E-state index contributed by atoms with van der Waals surface area (Å²) in [5.74, 6) is 0. The highest BCUT2D eigenvalue weighted by Crippen LogP contribution is 2.53. The second kappa shape index (κ2) is 19.7. The molecule has 1 nitrogen and oxygen atoms in total. The fraction of sp³-hybridized carbons (Fsp3) is 0.0513. The monoisotopic (exact) mass is 1050 g/mol. The summed E-state index contributed by atoms with van der Waals surface area (Å²) in [7, 11) is 0. The molecular weight excluding hydrogens is 994 g/mol. The molecule has 0 saturated carbocycles. The van der Waals surface area contributed by atoms with Crippen LogP contribution in [0.3, 0.4) is 0 Å². The lowest BCUT2D eigenvalue weighted by Crippen LogP contribution is -2.60. The van der Waals surface area contributed by atoms with E-state index >= 15 is 0 Å². The predicted molar refractivity (Wildman–Crippen MR) is 348 cm³/mol. The molecule has 0 bridgehead atoms. The molecule has 0 radical (unpaired) electrons. The smallest absolute Gasteiger partial charge is 0.249 e. The van der Waals surface area contributed by atoms with Crippen LogP contribution in [0, 0.1) is 0 Å². The third kappa shape index (κ3) is 8.34. The molecule has 0 spiro atoms. The average Bonchev–Trinajstić information content (AvgIpc) is 3.67. The Bertz CT molecular complexity index is 4450. The van der Waals surface area contributed by atoms with E-state index in [-0.39, 0.29) is 12.1 Å². The highest BCUT2D eigenvalue weighted by molar-refractivity contribution is 8.00. The third-order valence-corrected chi connectivity index (χ3v) is 18.0. The van der Waals surface area contributed by atoms with Crippen LogP contribution in [0.2, 0.25) is 0 Å². The van der Waals surface area contributed by atoms with Crippen LogP contribution in [-0.4, -0.2) is 6.71 Å². The lowest BCUT2D eigenvalue weighted by atomic mass is 9.34. The van der Waals surface area contributed by atoms with Crippen molar-refractivity contribution < 1.29 is 0 Å². The first-order valence-corrected chi connectivity index (χ1v) is 29.1. The second-order valence-corrected chi connectivity index (χ2v) is 23.8. The van der Waals surface area contributed by atoms with Crippen LogP contribution >= 0.6 is 11.8 Å². The first-order chi connectivity index (χ1) is 39.8. The molecular formula is C78H56BNS. The first-order valence-electron chi connectivity index (χ1n) is 28.3. The fourth-order valence-corrected chi connectivity index (χ4v) is 14.2. The summed E-state index contributed by atoms with van der Waals surface area (Å²) in [4.78, 5) is 5.31. The molecule has 0 saturated heterocycles. The van der Waals surface area contributed by atoms with Gasteiger partial charge in [-0.2, -0.15) is 0 Å². The van der Waals surface area contributed by atoms with Crippen LogP contribution in [0.15, 0.2) is 295 Å². The van der Waals surface area contributed by atoms with Crippen LogP contribution in [0.1, 0.15) is 26.3 Å². The van der Waals surface area contributed by atoms with Gasteiger partial charge < -0.3 is 4.90 Å². The van der Waals surface area contributed by atoms with Crippen molar-refractivity contribution in [3.8, 4) is 77.9 Å². The van der Waals surface area contributed by atoms with Crippen LogP contribution in [0.4, 0.5) is 17.1 Å². The maximum Gasteiger partial charge on any atom is 0.249 e. The van der Waals surface area contributed by atoms with Gasteiger partial charge in [-0.25, -0.2) is 0 Å². The van der Waals surface area contributed by atoms with Gasteiger partial charge in [-0.3, -0.25) is 0 Å². The van der Waals surface area contributed by atoms with Crippen LogP contribution in [0.25, 0.3) is 99.4 Å². The van der Waals surface area contributed by atoms with Crippen molar-refractivity contribution in [3.63, 3.8) is 0 Å². The Balaban J connectivity index is 1.05. The van der Waals surface area contributed by atoms with Crippen molar-refractivity contribution in [2.24, 2.45) is 0 Å². The van der Waals surface area contributed by atoms with E-state index in [1.54, 1.807) is 0 Å². The molecule has 2 heterocycles. The molecule has 0 aliphatic carbocycles. The fourth-order valence-electron chi connectivity index (χ4n) is 13.0.